The summed E-state index contributed by atoms with van der Waals surface area (Å²) >= 11 is 14.7. The van der Waals surface area contributed by atoms with Crippen molar-refractivity contribution in [1.29, 1.82) is 0 Å². The van der Waals surface area contributed by atoms with Gasteiger partial charge in [0.2, 0.25) is 0 Å². The molecule has 3 aromatic rings. The molecule has 0 aliphatic rings. The molecule has 12 nitrogen and oxygen atoms in total. The van der Waals surface area contributed by atoms with Gasteiger partial charge in [0.1, 0.15) is 28.0 Å². The fourth-order valence-corrected chi connectivity index (χ4v) is 7.41. The maximum atomic E-state index is 13.7. The van der Waals surface area contributed by atoms with E-state index in [0.29, 0.717) is 15.6 Å². The van der Waals surface area contributed by atoms with Crippen molar-refractivity contribution < 1.29 is 32.4 Å². The van der Waals surface area contributed by atoms with Crippen molar-refractivity contribution in [1.82, 2.24) is 20.5 Å². The van der Waals surface area contributed by atoms with Crippen molar-refractivity contribution >= 4 is 54.3 Å². The van der Waals surface area contributed by atoms with Crippen LogP contribution in [0.25, 0.3) is 21.1 Å². The first-order valence-corrected chi connectivity index (χ1v) is 18.8. The smallest absolute Gasteiger partial charge is 0.475 e. The summed E-state index contributed by atoms with van der Waals surface area (Å²) in [5, 5.41) is 16.5. The van der Waals surface area contributed by atoms with E-state index in [1.807, 2.05) is 32.9 Å². The van der Waals surface area contributed by atoms with Crippen LogP contribution >= 0.6 is 42.4 Å². The Balaban J connectivity index is 1.83. The number of benzene rings is 1. The molecule has 0 unspecified atom stereocenters. The minimum atomic E-state index is -4.11. The maximum Gasteiger partial charge on any atom is 0.475 e. The van der Waals surface area contributed by atoms with Crippen LogP contribution in [0.5, 0.6) is 5.75 Å². The summed E-state index contributed by atoms with van der Waals surface area (Å²) in [6.45, 7) is 21.1. The third kappa shape index (κ3) is 14.0. The summed E-state index contributed by atoms with van der Waals surface area (Å²) < 4.78 is 42.3. The predicted octanol–water partition coefficient (Wildman–Crippen LogP) is 9.73. The van der Waals surface area contributed by atoms with Crippen molar-refractivity contribution in [3.63, 3.8) is 0 Å². The third-order valence-corrected chi connectivity index (χ3v) is 9.25. The Bertz CT molecular complexity index is 1610. The number of carbonyl (C=O) groups is 1. The fraction of sp³-hybridized carbons (Fsp3) is 0.576. The first kappa shape index (κ1) is 40.9. The van der Waals surface area contributed by atoms with Crippen LogP contribution in [0.15, 0.2) is 24.3 Å². The largest absolute Gasteiger partial charge is 0.488 e. The number of anilines is 1. The van der Waals surface area contributed by atoms with Gasteiger partial charge in [0.15, 0.2) is 5.75 Å². The zero-order valence-corrected chi connectivity index (χ0v) is 33.4. The van der Waals surface area contributed by atoms with Crippen LogP contribution in [-0.4, -0.2) is 63.4 Å². The van der Waals surface area contributed by atoms with Crippen molar-refractivity contribution in [2.45, 2.75) is 112 Å². The minimum absolute atomic E-state index is 0.169. The number of halogens is 2. The lowest BCUT2D eigenvalue weighted by Gasteiger charge is -2.32. The highest BCUT2D eigenvalue weighted by atomic mass is 35.5. The van der Waals surface area contributed by atoms with Crippen LogP contribution in [0, 0.1) is 6.92 Å². The van der Waals surface area contributed by atoms with Gasteiger partial charge >= 0.3 is 13.9 Å². The van der Waals surface area contributed by atoms with E-state index >= 15 is 0 Å². The number of nitrogens with zero attached hydrogens (tertiary/aromatic N) is 3. The number of hydrogen-bond donors (Lipinski definition) is 2. The van der Waals surface area contributed by atoms with Gasteiger partial charge in [-0.1, -0.05) is 34.5 Å². The fourth-order valence-electron chi connectivity index (χ4n) is 4.15. The zero-order valence-electron chi connectivity index (χ0n) is 30.2. The average Bonchev–Trinajstić information content (AvgIpc) is 3.37. The van der Waals surface area contributed by atoms with Gasteiger partial charge in [-0.15, -0.1) is 10.2 Å². The minimum Gasteiger partial charge on any atom is -0.488 e. The molecular weight excluding hydrogens is 712 g/mol. The van der Waals surface area contributed by atoms with E-state index in [9.17, 15) is 9.36 Å². The Hall–Kier alpha value is -2.51. The number of hydrogen-bond acceptors (Lipinski definition) is 12. The van der Waals surface area contributed by atoms with Gasteiger partial charge in [-0.25, -0.2) is 14.3 Å². The number of aryl methyl sites for hydroxylation is 1. The van der Waals surface area contributed by atoms with E-state index in [2.05, 4.69) is 25.8 Å². The third-order valence-electron chi connectivity index (χ3n) is 5.66. The molecule has 0 aliphatic heterocycles. The SMILES string of the molecule is Cc1cc(-c2nnc(-c3cc(Cl)c(OC[C@@H](COP(=O)(OC(C)(C)C)OC(C)(C)C)NC(=O)OC(C)(C)C)c(Cl)c3)s2)cc(NC(C)C)n1. The van der Waals surface area contributed by atoms with Crippen molar-refractivity contribution in [3.05, 3.63) is 40.0 Å². The molecule has 1 atom stereocenters. The highest BCUT2D eigenvalue weighted by Gasteiger charge is 2.38. The summed E-state index contributed by atoms with van der Waals surface area (Å²) in [6, 6.07) is 6.56. The van der Waals surface area contributed by atoms with Gasteiger partial charge in [0.25, 0.3) is 0 Å². The van der Waals surface area contributed by atoms with Gasteiger partial charge in [-0.2, -0.15) is 0 Å². The quantitative estimate of drug-likeness (QED) is 0.161. The molecule has 0 saturated heterocycles. The van der Waals surface area contributed by atoms with E-state index in [1.165, 1.54) is 11.3 Å². The Morgan fingerprint density at radius 2 is 1.39 bits per heavy atom. The number of alkyl carbamates (subject to hydrolysis) is 1. The van der Waals surface area contributed by atoms with E-state index in [0.717, 1.165) is 17.1 Å². The second-order valence-corrected chi connectivity index (χ2v) is 18.0. The number of phosphoric acid groups is 1. The van der Waals surface area contributed by atoms with Gasteiger partial charge < -0.3 is 20.1 Å². The van der Waals surface area contributed by atoms with Crippen LogP contribution in [0.3, 0.4) is 0 Å². The van der Waals surface area contributed by atoms with Gasteiger partial charge in [-0.05, 0) is 107 Å². The molecule has 0 saturated carbocycles. The molecule has 2 N–H and O–H groups in total. The molecule has 1 aromatic carbocycles. The van der Waals surface area contributed by atoms with E-state index in [4.69, 9.17) is 46.2 Å². The molecule has 1 amide bonds. The molecule has 272 valence electrons. The summed E-state index contributed by atoms with van der Waals surface area (Å²) in [7, 11) is -4.11. The topological polar surface area (TPSA) is 143 Å². The molecule has 0 spiro atoms. The Labute approximate surface area is 303 Å². The highest BCUT2D eigenvalue weighted by Crippen LogP contribution is 2.55. The number of carbonyl (C=O) groups excluding carboxylic acids is 1. The lowest BCUT2D eigenvalue weighted by atomic mass is 10.2. The molecule has 0 fully saturated rings. The first-order valence-electron chi connectivity index (χ1n) is 15.8. The highest BCUT2D eigenvalue weighted by molar-refractivity contribution is 7.48. The number of amides is 1. The Morgan fingerprint density at radius 3 is 1.88 bits per heavy atom. The number of pyridine rings is 1. The van der Waals surface area contributed by atoms with Crippen molar-refractivity contribution in [3.8, 4) is 26.9 Å². The lowest BCUT2D eigenvalue weighted by Crippen LogP contribution is -2.44. The second-order valence-electron chi connectivity index (χ2n) is 14.7. The molecule has 2 aromatic heterocycles. The normalized spacial score (nSPS) is 13.4. The summed E-state index contributed by atoms with van der Waals surface area (Å²) in [4.78, 5) is 17.3. The monoisotopic (exact) mass is 759 g/mol. The number of rotatable bonds is 13. The zero-order chi connectivity index (χ0) is 36.9. The standard InChI is InChI=1S/C33H48Cl2N5O7PS/c1-19(2)36-26-16-21(13-20(3)37-26)28-39-40-29(49-28)22-14-24(34)27(25(35)15-22)43-17-23(38-30(41)45-31(4,5)6)18-44-48(42,46-32(7,8)9)47-33(10,11)12/h13-16,19,23H,17-18H2,1-12H3,(H,36,37)(H,38,41)/t23-/m0/s1. The molecule has 49 heavy (non-hydrogen) atoms. The van der Waals surface area contributed by atoms with Crippen LogP contribution < -0.4 is 15.4 Å². The van der Waals surface area contributed by atoms with E-state index in [1.54, 1.807) is 74.4 Å². The Kier molecular flexibility index (Phi) is 13.5. The summed E-state index contributed by atoms with van der Waals surface area (Å²) in [5.74, 6) is 0.924. The number of nitrogens with one attached hydrogen (secondary N) is 2. The molecule has 3 rings (SSSR count). The van der Waals surface area contributed by atoms with E-state index in [-0.39, 0.29) is 35.1 Å². The number of ether oxygens (including phenoxy) is 2. The number of phosphoric ester groups is 1. The predicted molar refractivity (Wildman–Crippen MR) is 196 cm³/mol. The number of aromatic nitrogens is 3. The summed E-state index contributed by atoms with van der Waals surface area (Å²) in [5.41, 5.74) is -0.107. The Morgan fingerprint density at radius 1 is 0.857 bits per heavy atom. The maximum absolute atomic E-state index is 13.7. The van der Waals surface area contributed by atoms with Crippen LogP contribution in [0.1, 0.15) is 81.9 Å². The first-order chi connectivity index (χ1) is 22.4. The second kappa shape index (κ2) is 16.2. The molecule has 2 heterocycles. The van der Waals surface area contributed by atoms with Gasteiger partial charge in [-0.3, -0.25) is 13.6 Å². The molecule has 0 aliphatic carbocycles. The molecule has 0 bridgehead atoms. The molecule has 0 radical (unpaired) electrons. The van der Waals surface area contributed by atoms with Crippen LogP contribution in [0.2, 0.25) is 10.0 Å². The van der Waals surface area contributed by atoms with Crippen molar-refractivity contribution in [2.75, 3.05) is 18.5 Å². The lowest BCUT2D eigenvalue weighted by molar-refractivity contribution is -0.00228. The van der Waals surface area contributed by atoms with Crippen LogP contribution in [-0.2, 0) is 22.9 Å². The van der Waals surface area contributed by atoms with Crippen LogP contribution in [0.4, 0.5) is 10.6 Å². The van der Waals surface area contributed by atoms with Crippen molar-refractivity contribution in [2.24, 2.45) is 0 Å². The summed E-state index contributed by atoms with van der Waals surface area (Å²) in [6.07, 6.45) is -0.732. The molecule has 16 heteroatoms. The van der Waals surface area contributed by atoms with E-state index < -0.39 is 36.8 Å². The molecular formula is C33H48Cl2N5O7PS. The van der Waals surface area contributed by atoms with Gasteiger partial charge in [0.05, 0.1) is 33.9 Å². The van der Waals surface area contributed by atoms with Gasteiger partial charge in [0, 0.05) is 22.9 Å². The average molecular weight is 761 g/mol.